The number of rotatable bonds is 6. The first kappa shape index (κ1) is 17.9. The van der Waals surface area contributed by atoms with Crippen LogP contribution in [0.25, 0.3) is 11.2 Å². The predicted octanol–water partition coefficient (Wildman–Crippen LogP) is 0.469. The topological polar surface area (TPSA) is 94.1 Å². The second-order valence-corrected chi connectivity index (χ2v) is 6.43. The molecule has 1 aromatic carbocycles. The fraction of sp³-hybridized carbons (Fsp3) is 0.389. The van der Waals surface area contributed by atoms with Gasteiger partial charge in [-0.2, -0.15) is 4.98 Å². The molecular weight excluding hydrogens is 334 g/mol. The van der Waals surface area contributed by atoms with Crippen molar-refractivity contribution in [3.05, 3.63) is 56.7 Å². The van der Waals surface area contributed by atoms with Crippen molar-refractivity contribution < 1.29 is 5.11 Å². The van der Waals surface area contributed by atoms with E-state index in [4.69, 9.17) is 0 Å². The molecule has 0 unspecified atom stereocenters. The number of aryl methyl sites for hydroxylation is 3. The molecular formula is C18H23N5O3. The van der Waals surface area contributed by atoms with Gasteiger partial charge in [0.25, 0.3) is 5.56 Å². The molecule has 0 aliphatic carbocycles. The zero-order valence-corrected chi connectivity index (χ0v) is 15.1. The molecule has 3 rings (SSSR count). The minimum absolute atomic E-state index is 0.295. The molecule has 0 saturated heterocycles. The van der Waals surface area contributed by atoms with E-state index >= 15 is 0 Å². The van der Waals surface area contributed by atoms with Gasteiger partial charge in [0.05, 0.1) is 6.10 Å². The molecule has 0 aliphatic rings. The molecule has 3 aromatic rings. The van der Waals surface area contributed by atoms with Crippen molar-refractivity contribution in [2.45, 2.75) is 26.0 Å². The third-order valence-corrected chi connectivity index (χ3v) is 4.37. The Morgan fingerprint density at radius 1 is 1.15 bits per heavy atom. The molecule has 0 amide bonds. The molecule has 0 radical (unpaired) electrons. The highest BCUT2D eigenvalue weighted by atomic mass is 16.3. The number of imidazole rings is 1. The SMILES string of the molecule is C[C@H](O)CNc1nc2c(c(=O)n(C)c(=O)n2C)n1CCc1ccccc1. The van der Waals surface area contributed by atoms with Crippen molar-refractivity contribution in [1.82, 2.24) is 18.7 Å². The van der Waals surface area contributed by atoms with Crippen LogP contribution in [-0.2, 0) is 27.1 Å². The van der Waals surface area contributed by atoms with Gasteiger partial charge in [-0.1, -0.05) is 30.3 Å². The largest absolute Gasteiger partial charge is 0.392 e. The number of benzene rings is 1. The van der Waals surface area contributed by atoms with Gasteiger partial charge >= 0.3 is 5.69 Å². The number of anilines is 1. The Morgan fingerprint density at radius 2 is 1.85 bits per heavy atom. The second-order valence-electron chi connectivity index (χ2n) is 6.43. The van der Waals surface area contributed by atoms with Crippen LogP contribution in [0.15, 0.2) is 39.9 Å². The summed E-state index contributed by atoms with van der Waals surface area (Å²) < 4.78 is 4.23. The Balaban J connectivity index is 2.11. The molecule has 8 heteroatoms. The summed E-state index contributed by atoms with van der Waals surface area (Å²) in [6.45, 7) is 2.48. The van der Waals surface area contributed by atoms with Crippen LogP contribution in [-0.4, -0.2) is 36.4 Å². The zero-order valence-electron chi connectivity index (χ0n) is 15.1. The number of nitrogens with one attached hydrogen (secondary N) is 1. The van der Waals surface area contributed by atoms with Crippen molar-refractivity contribution in [2.75, 3.05) is 11.9 Å². The summed E-state index contributed by atoms with van der Waals surface area (Å²) >= 11 is 0. The van der Waals surface area contributed by atoms with Crippen LogP contribution in [0.4, 0.5) is 5.95 Å². The number of aromatic nitrogens is 4. The van der Waals surface area contributed by atoms with Crippen molar-refractivity contribution >= 4 is 17.1 Å². The van der Waals surface area contributed by atoms with Gasteiger partial charge in [-0.3, -0.25) is 13.9 Å². The number of nitrogens with zero attached hydrogens (tertiary/aromatic N) is 4. The van der Waals surface area contributed by atoms with Crippen LogP contribution in [0.5, 0.6) is 0 Å². The van der Waals surface area contributed by atoms with Crippen LogP contribution in [0.2, 0.25) is 0 Å². The van der Waals surface area contributed by atoms with Gasteiger partial charge in [-0.05, 0) is 18.9 Å². The van der Waals surface area contributed by atoms with Gasteiger partial charge < -0.3 is 15.0 Å². The standard InChI is InChI=1S/C18H23N5O3/c1-12(24)11-19-17-20-15-14(16(25)22(3)18(26)21(15)2)23(17)10-9-13-7-5-4-6-8-13/h4-8,12,24H,9-11H2,1-3H3,(H,19,20)/t12-/m0/s1. The van der Waals surface area contributed by atoms with Gasteiger partial charge in [0.2, 0.25) is 5.95 Å². The molecule has 0 fully saturated rings. The molecule has 0 bridgehead atoms. The maximum Gasteiger partial charge on any atom is 0.332 e. The van der Waals surface area contributed by atoms with E-state index in [1.54, 1.807) is 18.5 Å². The van der Waals surface area contributed by atoms with Crippen molar-refractivity contribution in [3.8, 4) is 0 Å². The lowest BCUT2D eigenvalue weighted by Gasteiger charge is -2.12. The lowest BCUT2D eigenvalue weighted by Crippen LogP contribution is -2.37. The second kappa shape index (κ2) is 7.17. The van der Waals surface area contributed by atoms with Gasteiger partial charge in [0, 0.05) is 27.2 Å². The quantitative estimate of drug-likeness (QED) is 0.669. The summed E-state index contributed by atoms with van der Waals surface area (Å²) in [6, 6.07) is 9.94. The Morgan fingerprint density at radius 3 is 2.50 bits per heavy atom. The first-order chi connectivity index (χ1) is 12.4. The molecule has 8 nitrogen and oxygen atoms in total. The average molecular weight is 357 g/mol. The minimum atomic E-state index is -0.566. The van der Waals surface area contributed by atoms with Crippen LogP contribution < -0.4 is 16.6 Å². The van der Waals surface area contributed by atoms with E-state index in [1.807, 2.05) is 30.3 Å². The summed E-state index contributed by atoms with van der Waals surface area (Å²) in [7, 11) is 3.05. The van der Waals surface area contributed by atoms with Crippen LogP contribution in [0.3, 0.4) is 0 Å². The Labute approximate surface area is 150 Å². The van der Waals surface area contributed by atoms with E-state index in [9.17, 15) is 14.7 Å². The number of fused-ring (bicyclic) bond motifs is 1. The smallest absolute Gasteiger partial charge is 0.332 e. The van der Waals surface area contributed by atoms with E-state index in [0.717, 1.165) is 10.1 Å². The van der Waals surface area contributed by atoms with Crippen LogP contribution in [0.1, 0.15) is 12.5 Å². The number of hydrogen-bond acceptors (Lipinski definition) is 5. The van der Waals surface area contributed by atoms with Gasteiger partial charge in [-0.25, -0.2) is 4.79 Å². The lowest BCUT2D eigenvalue weighted by atomic mass is 10.1. The molecule has 138 valence electrons. The fourth-order valence-corrected chi connectivity index (χ4v) is 2.92. The van der Waals surface area contributed by atoms with E-state index < -0.39 is 11.8 Å². The Hall–Kier alpha value is -2.87. The first-order valence-electron chi connectivity index (χ1n) is 8.52. The zero-order chi connectivity index (χ0) is 18.8. The molecule has 1 atom stereocenters. The predicted molar refractivity (Wildman–Crippen MR) is 101 cm³/mol. The molecule has 26 heavy (non-hydrogen) atoms. The summed E-state index contributed by atoms with van der Waals surface area (Å²) in [5.74, 6) is 0.468. The molecule has 2 N–H and O–H groups in total. The monoisotopic (exact) mass is 357 g/mol. The van der Waals surface area contributed by atoms with E-state index in [-0.39, 0.29) is 5.56 Å². The average Bonchev–Trinajstić information content (AvgIpc) is 3.00. The highest BCUT2D eigenvalue weighted by Gasteiger charge is 2.19. The molecule has 2 heterocycles. The van der Waals surface area contributed by atoms with Crippen molar-refractivity contribution in [2.24, 2.45) is 14.1 Å². The lowest BCUT2D eigenvalue weighted by molar-refractivity contribution is 0.208. The fourth-order valence-electron chi connectivity index (χ4n) is 2.92. The molecule has 0 aliphatic heterocycles. The first-order valence-corrected chi connectivity index (χ1v) is 8.52. The number of aliphatic hydroxyl groups is 1. The minimum Gasteiger partial charge on any atom is -0.392 e. The maximum atomic E-state index is 12.7. The summed E-state index contributed by atoms with van der Waals surface area (Å²) in [5, 5.41) is 12.6. The maximum absolute atomic E-state index is 12.7. The summed E-state index contributed by atoms with van der Waals surface area (Å²) in [6.07, 6.45) is 0.144. The van der Waals surface area contributed by atoms with Crippen LogP contribution in [0, 0.1) is 0 Å². The highest BCUT2D eigenvalue weighted by Crippen LogP contribution is 2.17. The normalized spacial score (nSPS) is 12.5. The van der Waals surface area contributed by atoms with Crippen LogP contribution >= 0.6 is 0 Å². The summed E-state index contributed by atoms with van der Waals surface area (Å²) in [5.41, 5.74) is 1.04. The van der Waals surface area contributed by atoms with Crippen molar-refractivity contribution in [3.63, 3.8) is 0 Å². The van der Waals surface area contributed by atoms with E-state index in [0.29, 0.717) is 36.6 Å². The van der Waals surface area contributed by atoms with E-state index in [1.165, 1.54) is 11.6 Å². The number of hydrogen-bond donors (Lipinski definition) is 2. The highest BCUT2D eigenvalue weighted by molar-refractivity contribution is 5.74. The van der Waals surface area contributed by atoms with E-state index in [2.05, 4.69) is 10.3 Å². The molecule has 2 aromatic heterocycles. The van der Waals surface area contributed by atoms with Gasteiger partial charge in [0.15, 0.2) is 11.2 Å². The molecule has 0 spiro atoms. The van der Waals surface area contributed by atoms with Gasteiger partial charge in [-0.15, -0.1) is 0 Å². The van der Waals surface area contributed by atoms with Crippen molar-refractivity contribution in [1.29, 1.82) is 0 Å². The number of aliphatic hydroxyl groups excluding tert-OH is 1. The summed E-state index contributed by atoms with van der Waals surface area (Å²) in [4.78, 5) is 29.3. The Kier molecular flexibility index (Phi) is 4.94. The van der Waals surface area contributed by atoms with Gasteiger partial charge in [0.1, 0.15) is 0 Å². The third kappa shape index (κ3) is 3.28. The molecule has 0 saturated carbocycles. The third-order valence-electron chi connectivity index (χ3n) is 4.37. The Bertz CT molecular complexity index is 1030.